The van der Waals surface area contributed by atoms with Crippen LogP contribution in [0.1, 0.15) is 21.6 Å². The lowest BCUT2D eigenvalue weighted by Crippen LogP contribution is -2.07. The number of nitrogens with zero attached hydrogens (tertiary/aromatic N) is 1. The molecule has 1 N–H and O–H groups in total. The summed E-state index contributed by atoms with van der Waals surface area (Å²) in [6.45, 7) is 3.33. The SMILES string of the molecule is COc1nc(C)c(Cl)c(C)c1C(=O)O. The van der Waals surface area contributed by atoms with Crippen LogP contribution in [0.5, 0.6) is 5.88 Å². The monoisotopic (exact) mass is 215 g/mol. The van der Waals surface area contributed by atoms with Gasteiger partial charge in [0.1, 0.15) is 5.56 Å². The van der Waals surface area contributed by atoms with Gasteiger partial charge in [0.15, 0.2) is 0 Å². The van der Waals surface area contributed by atoms with Gasteiger partial charge in [-0.1, -0.05) is 11.6 Å². The Morgan fingerprint density at radius 3 is 2.50 bits per heavy atom. The molecule has 0 aliphatic carbocycles. The van der Waals surface area contributed by atoms with Crippen LogP contribution in [0.2, 0.25) is 5.02 Å². The fourth-order valence-corrected chi connectivity index (χ4v) is 1.34. The van der Waals surface area contributed by atoms with Crippen LogP contribution in [0.3, 0.4) is 0 Å². The van der Waals surface area contributed by atoms with Crippen molar-refractivity contribution in [2.75, 3.05) is 7.11 Å². The van der Waals surface area contributed by atoms with Crippen molar-refractivity contribution in [1.29, 1.82) is 0 Å². The molecule has 0 spiro atoms. The second-order valence-corrected chi connectivity index (χ2v) is 3.20. The average molecular weight is 216 g/mol. The average Bonchev–Trinajstić information content (AvgIpc) is 2.12. The minimum absolute atomic E-state index is 0.0168. The minimum Gasteiger partial charge on any atom is -0.480 e. The molecule has 5 heteroatoms. The maximum Gasteiger partial charge on any atom is 0.341 e. The van der Waals surface area contributed by atoms with Crippen LogP contribution in [0.4, 0.5) is 0 Å². The van der Waals surface area contributed by atoms with Crippen LogP contribution < -0.4 is 4.74 Å². The summed E-state index contributed by atoms with van der Waals surface area (Å²) in [7, 11) is 1.38. The van der Waals surface area contributed by atoms with E-state index in [1.54, 1.807) is 13.8 Å². The summed E-state index contributed by atoms with van der Waals surface area (Å²) in [4.78, 5) is 14.8. The van der Waals surface area contributed by atoms with E-state index in [-0.39, 0.29) is 11.4 Å². The van der Waals surface area contributed by atoms with Crippen LogP contribution in [-0.4, -0.2) is 23.2 Å². The molecule has 0 saturated heterocycles. The molecule has 14 heavy (non-hydrogen) atoms. The molecule has 0 aliphatic rings. The standard InChI is InChI=1S/C9H10ClNO3/c1-4-6(9(12)13)8(14-3)11-5(2)7(4)10/h1-3H3,(H,12,13). The highest BCUT2D eigenvalue weighted by molar-refractivity contribution is 6.32. The number of halogens is 1. The third kappa shape index (κ3) is 1.65. The topological polar surface area (TPSA) is 59.4 Å². The predicted octanol–water partition coefficient (Wildman–Crippen LogP) is 2.06. The number of carboxylic acid groups (broad SMARTS) is 1. The fraction of sp³-hybridized carbons (Fsp3) is 0.333. The molecule has 1 rings (SSSR count). The maximum absolute atomic E-state index is 10.9. The van der Waals surface area contributed by atoms with Gasteiger partial charge in [0.2, 0.25) is 5.88 Å². The Morgan fingerprint density at radius 2 is 2.07 bits per heavy atom. The molecule has 1 aromatic heterocycles. The van der Waals surface area contributed by atoms with Crippen molar-refractivity contribution in [2.45, 2.75) is 13.8 Å². The van der Waals surface area contributed by atoms with E-state index in [9.17, 15) is 4.79 Å². The Bertz CT molecular complexity index is 390. The Hall–Kier alpha value is -1.29. The van der Waals surface area contributed by atoms with E-state index < -0.39 is 5.97 Å². The summed E-state index contributed by atoms with van der Waals surface area (Å²) in [6, 6.07) is 0. The molecule has 1 aromatic rings. The zero-order chi connectivity index (χ0) is 10.9. The number of hydrogen-bond donors (Lipinski definition) is 1. The number of carbonyl (C=O) groups is 1. The summed E-state index contributed by atoms with van der Waals surface area (Å²) >= 11 is 5.87. The summed E-state index contributed by atoms with van der Waals surface area (Å²) in [5.74, 6) is -0.995. The Kier molecular flexibility index (Phi) is 2.96. The highest BCUT2D eigenvalue weighted by Gasteiger charge is 2.19. The molecule has 0 fully saturated rings. The number of carboxylic acids is 1. The van der Waals surface area contributed by atoms with Crippen LogP contribution in [0.25, 0.3) is 0 Å². The Balaban J connectivity index is 3.53. The first-order valence-corrected chi connectivity index (χ1v) is 4.30. The van der Waals surface area contributed by atoms with Crippen molar-refractivity contribution in [3.8, 4) is 5.88 Å². The number of ether oxygens (including phenoxy) is 1. The molecular formula is C9H10ClNO3. The third-order valence-corrected chi connectivity index (χ3v) is 2.47. The van der Waals surface area contributed by atoms with Gasteiger partial charge in [0.05, 0.1) is 17.8 Å². The van der Waals surface area contributed by atoms with E-state index in [4.69, 9.17) is 21.4 Å². The molecule has 1 heterocycles. The van der Waals surface area contributed by atoms with Gasteiger partial charge in [0, 0.05) is 0 Å². The van der Waals surface area contributed by atoms with E-state index in [0.717, 1.165) is 0 Å². The molecule has 0 aromatic carbocycles. The highest BCUT2D eigenvalue weighted by Crippen LogP contribution is 2.28. The zero-order valence-electron chi connectivity index (χ0n) is 8.09. The molecule has 0 amide bonds. The number of pyridine rings is 1. The van der Waals surface area contributed by atoms with Crippen molar-refractivity contribution in [3.63, 3.8) is 0 Å². The van der Waals surface area contributed by atoms with Gasteiger partial charge in [-0.2, -0.15) is 0 Å². The normalized spacial score (nSPS) is 10.0. The first-order valence-electron chi connectivity index (χ1n) is 3.93. The minimum atomic E-state index is -1.09. The van der Waals surface area contributed by atoms with Crippen molar-refractivity contribution >= 4 is 17.6 Å². The predicted molar refractivity (Wildman–Crippen MR) is 52.2 cm³/mol. The van der Waals surface area contributed by atoms with Crippen molar-refractivity contribution < 1.29 is 14.6 Å². The van der Waals surface area contributed by atoms with Crippen molar-refractivity contribution in [2.24, 2.45) is 0 Å². The smallest absolute Gasteiger partial charge is 0.341 e. The number of hydrogen-bond acceptors (Lipinski definition) is 3. The van der Waals surface area contributed by atoms with Gasteiger partial charge < -0.3 is 9.84 Å². The summed E-state index contributed by atoms with van der Waals surface area (Å²) < 4.78 is 4.87. The molecule has 0 atom stereocenters. The number of aromatic nitrogens is 1. The van der Waals surface area contributed by atoms with Crippen molar-refractivity contribution in [1.82, 2.24) is 4.98 Å². The van der Waals surface area contributed by atoms with E-state index >= 15 is 0 Å². The lowest BCUT2D eigenvalue weighted by molar-refractivity contribution is 0.0691. The zero-order valence-corrected chi connectivity index (χ0v) is 8.84. The van der Waals surface area contributed by atoms with E-state index in [1.165, 1.54) is 7.11 Å². The maximum atomic E-state index is 10.9. The second-order valence-electron chi connectivity index (χ2n) is 2.83. The molecule has 0 bridgehead atoms. The van der Waals surface area contributed by atoms with Crippen LogP contribution in [0, 0.1) is 13.8 Å². The number of rotatable bonds is 2. The van der Waals surface area contributed by atoms with Crippen LogP contribution in [-0.2, 0) is 0 Å². The Labute approximate surface area is 86.5 Å². The molecule has 0 unspecified atom stereocenters. The summed E-state index contributed by atoms with van der Waals surface area (Å²) in [5.41, 5.74) is 1.05. The number of methoxy groups -OCH3 is 1. The first-order chi connectivity index (χ1) is 6.49. The largest absolute Gasteiger partial charge is 0.480 e. The summed E-state index contributed by atoms with van der Waals surface area (Å²) in [5, 5.41) is 9.28. The van der Waals surface area contributed by atoms with Gasteiger partial charge in [-0.05, 0) is 19.4 Å². The van der Waals surface area contributed by atoms with Crippen LogP contribution >= 0.6 is 11.6 Å². The Morgan fingerprint density at radius 1 is 1.50 bits per heavy atom. The molecule has 0 saturated carbocycles. The number of aromatic carboxylic acids is 1. The van der Waals surface area contributed by atoms with Gasteiger partial charge in [-0.25, -0.2) is 9.78 Å². The first kappa shape index (κ1) is 10.8. The lowest BCUT2D eigenvalue weighted by Gasteiger charge is -2.10. The van der Waals surface area contributed by atoms with Gasteiger partial charge in [-0.3, -0.25) is 0 Å². The molecule has 76 valence electrons. The second kappa shape index (κ2) is 3.84. The van der Waals surface area contributed by atoms with Crippen molar-refractivity contribution in [3.05, 3.63) is 21.8 Å². The number of aryl methyl sites for hydroxylation is 1. The fourth-order valence-electron chi connectivity index (χ4n) is 1.20. The third-order valence-electron chi connectivity index (χ3n) is 1.91. The van der Waals surface area contributed by atoms with E-state index in [2.05, 4.69) is 4.98 Å². The van der Waals surface area contributed by atoms with Crippen LogP contribution in [0.15, 0.2) is 0 Å². The van der Waals surface area contributed by atoms with Gasteiger partial charge in [0.25, 0.3) is 0 Å². The lowest BCUT2D eigenvalue weighted by atomic mass is 10.1. The van der Waals surface area contributed by atoms with Gasteiger partial charge >= 0.3 is 5.97 Å². The molecule has 0 aliphatic heterocycles. The summed E-state index contributed by atoms with van der Waals surface area (Å²) in [6.07, 6.45) is 0. The van der Waals surface area contributed by atoms with E-state index in [1.807, 2.05) is 0 Å². The van der Waals surface area contributed by atoms with Gasteiger partial charge in [-0.15, -0.1) is 0 Å². The molecule has 0 radical (unpaired) electrons. The highest BCUT2D eigenvalue weighted by atomic mass is 35.5. The quantitative estimate of drug-likeness (QED) is 0.821. The molecular weight excluding hydrogens is 206 g/mol. The van der Waals surface area contributed by atoms with E-state index in [0.29, 0.717) is 16.3 Å². The molecule has 4 nitrogen and oxygen atoms in total.